The molecule has 0 aliphatic carbocycles. The second-order valence-electron chi connectivity index (χ2n) is 9.75. The second kappa shape index (κ2) is 11.9. The number of phenols is 1. The van der Waals surface area contributed by atoms with Crippen molar-refractivity contribution in [1.29, 1.82) is 0 Å². The van der Waals surface area contributed by atoms with Gasteiger partial charge in [0, 0.05) is 80.9 Å². The molecule has 2 heterocycles. The van der Waals surface area contributed by atoms with Crippen LogP contribution in [-0.2, 0) is 6.54 Å². The monoisotopic (exact) mass is 490 g/mol. The first-order valence-electron chi connectivity index (χ1n) is 12.3. The van der Waals surface area contributed by atoms with Gasteiger partial charge in [-0.1, -0.05) is 24.3 Å². The molecule has 0 unspecified atom stereocenters. The standard InChI is InChI=1S/C29H38N4OS/c1-30(2)26-9-7-24(8-10-26)29-14-12-27(35-29)11-5-23-6-13-28(34)25(21-23)22-33-19-17-31(3)15-16-32(4)18-20-33/h5-14,21,34H,15-20,22H2,1-4H3/b11-5+. The van der Waals surface area contributed by atoms with E-state index in [1.807, 2.05) is 12.1 Å². The summed E-state index contributed by atoms with van der Waals surface area (Å²) in [6, 6.07) is 19.0. The lowest BCUT2D eigenvalue weighted by atomic mass is 10.1. The lowest BCUT2D eigenvalue weighted by Gasteiger charge is -2.24. The molecule has 0 amide bonds. The molecule has 6 heteroatoms. The molecule has 1 saturated heterocycles. The van der Waals surface area contributed by atoms with Crippen LogP contribution in [0.15, 0.2) is 54.6 Å². The van der Waals surface area contributed by atoms with Crippen LogP contribution in [-0.4, -0.2) is 87.3 Å². The van der Waals surface area contributed by atoms with Crippen LogP contribution in [0, 0.1) is 0 Å². The number of nitrogens with zero attached hydrogens (tertiary/aromatic N) is 4. The largest absolute Gasteiger partial charge is 0.508 e. The van der Waals surface area contributed by atoms with Gasteiger partial charge in [-0.15, -0.1) is 11.3 Å². The minimum atomic E-state index is 0.378. The molecule has 3 aromatic rings. The molecule has 35 heavy (non-hydrogen) atoms. The Labute approximate surface area is 214 Å². The third kappa shape index (κ3) is 7.18. The maximum atomic E-state index is 10.5. The van der Waals surface area contributed by atoms with E-state index >= 15 is 0 Å². The van der Waals surface area contributed by atoms with Gasteiger partial charge >= 0.3 is 0 Å². The van der Waals surface area contributed by atoms with Crippen molar-refractivity contribution in [2.24, 2.45) is 0 Å². The summed E-state index contributed by atoms with van der Waals surface area (Å²) in [5, 5.41) is 10.5. The maximum absolute atomic E-state index is 10.5. The molecule has 1 fully saturated rings. The number of phenolic OH excluding ortho intramolecular Hbond substituents is 1. The Balaban J connectivity index is 1.43. The third-order valence-electron chi connectivity index (χ3n) is 6.69. The van der Waals surface area contributed by atoms with Crippen molar-refractivity contribution in [1.82, 2.24) is 14.7 Å². The highest BCUT2D eigenvalue weighted by molar-refractivity contribution is 7.16. The molecule has 1 aliphatic rings. The zero-order chi connectivity index (χ0) is 24.8. The Morgan fingerprint density at radius 3 is 2.14 bits per heavy atom. The van der Waals surface area contributed by atoms with Crippen molar-refractivity contribution < 1.29 is 5.11 Å². The summed E-state index contributed by atoms with van der Waals surface area (Å²) >= 11 is 1.79. The van der Waals surface area contributed by atoms with E-state index in [2.05, 4.69) is 102 Å². The number of anilines is 1. The Morgan fingerprint density at radius 1 is 0.829 bits per heavy atom. The first-order valence-corrected chi connectivity index (χ1v) is 13.2. The maximum Gasteiger partial charge on any atom is 0.120 e. The molecule has 0 spiro atoms. The van der Waals surface area contributed by atoms with Crippen molar-refractivity contribution >= 4 is 29.2 Å². The van der Waals surface area contributed by atoms with Gasteiger partial charge in [0.2, 0.25) is 0 Å². The van der Waals surface area contributed by atoms with Crippen LogP contribution in [0.4, 0.5) is 5.69 Å². The van der Waals surface area contributed by atoms with Gasteiger partial charge in [0.15, 0.2) is 0 Å². The summed E-state index contributed by atoms with van der Waals surface area (Å²) in [6.45, 7) is 7.08. The van der Waals surface area contributed by atoms with E-state index < -0.39 is 0 Å². The van der Waals surface area contributed by atoms with Crippen LogP contribution in [0.3, 0.4) is 0 Å². The molecular weight excluding hydrogens is 452 g/mol. The number of likely N-dealkylation sites (N-methyl/N-ethyl adjacent to an activating group) is 2. The molecule has 186 valence electrons. The van der Waals surface area contributed by atoms with Gasteiger partial charge < -0.3 is 19.8 Å². The second-order valence-corrected chi connectivity index (χ2v) is 10.9. The number of benzene rings is 2. The minimum Gasteiger partial charge on any atom is -0.508 e. The smallest absolute Gasteiger partial charge is 0.120 e. The normalized spacial score (nSPS) is 16.8. The number of hydrogen-bond donors (Lipinski definition) is 1. The van der Waals surface area contributed by atoms with E-state index in [1.165, 1.54) is 21.0 Å². The molecule has 1 N–H and O–H groups in total. The molecule has 4 rings (SSSR count). The molecule has 5 nitrogen and oxygen atoms in total. The van der Waals surface area contributed by atoms with Crippen LogP contribution in [0.5, 0.6) is 5.75 Å². The average Bonchev–Trinajstić information content (AvgIpc) is 3.35. The van der Waals surface area contributed by atoms with Crippen LogP contribution in [0.1, 0.15) is 16.0 Å². The predicted molar refractivity (Wildman–Crippen MR) is 151 cm³/mol. The fourth-order valence-corrected chi connectivity index (χ4v) is 5.15. The fourth-order valence-electron chi connectivity index (χ4n) is 4.24. The molecule has 0 atom stereocenters. The number of rotatable bonds is 6. The van der Waals surface area contributed by atoms with Gasteiger partial charge in [0.1, 0.15) is 5.75 Å². The number of aromatic hydroxyl groups is 1. The molecular formula is C29H38N4OS. The van der Waals surface area contributed by atoms with E-state index in [1.54, 1.807) is 11.3 Å². The van der Waals surface area contributed by atoms with E-state index in [4.69, 9.17) is 0 Å². The lowest BCUT2D eigenvalue weighted by Crippen LogP contribution is -2.34. The van der Waals surface area contributed by atoms with Crippen LogP contribution in [0.25, 0.3) is 22.6 Å². The third-order valence-corrected chi connectivity index (χ3v) is 7.79. The first-order chi connectivity index (χ1) is 16.9. The molecule has 0 radical (unpaired) electrons. The van der Waals surface area contributed by atoms with Crippen molar-refractivity contribution in [2.45, 2.75) is 6.54 Å². The number of thiophene rings is 1. The Hall–Kier alpha value is -2.64. The van der Waals surface area contributed by atoms with Crippen molar-refractivity contribution in [3.8, 4) is 16.2 Å². The minimum absolute atomic E-state index is 0.378. The summed E-state index contributed by atoms with van der Waals surface area (Å²) in [7, 11) is 8.50. The molecule has 1 aromatic heterocycles. The van der Waals surface area contributed by atoms with E-state index in [0.29, 0.717) is 5.75 Å². The van der Waals surface area contributed by atoms with Gasteiger partial charge in [-0.25, -0.2) is 0 Å². The molecule has 0 saturated carbocycles. The predicted octanol–water partition coefficient (Wildman–Crippen LogP) is 5.04. The lowest BCUT2D eigenvalue weighted by molar-refractivity contribution is 0.226. The Kier molecular flexibility index (Phi) is 8.63. The van der Waals surface area contributed by atoms with Gasteiger partial charge in [-0.05, 0) is 67.7 Å². The Bertz CT molecular complexity index is 1110. The van der Waals surface area contributed by atoms with Gasteiger partial charge in [0.05, 0.1) is 0 Å². The van der Waals surface area contributed by atoms with E-state index in [9.17, 15) is 5.11 Å². The van der Waals surface area contributed by atoms with Gasteiger partial charge in [0.25, 0.3) is 0 Å². The number of hydrogen-bond acceptors (Lipinski definition) is 6. The van der Waals surface area contributed by atoms with Crippen molar-refractivity contribution in [3.63, 3.8) is 0 Å². The summed E-state index contributed by atoms with van der Waals surface area (Å²) in [4.78, 5) is 11.8. The van der Waals surface area contributed by atoms with Gasteiger partial charge in [-0.2, -0.15) is 0 Å². The molecule has 1 aliphatic heterocycles. The fraction of sp³-hybridized carbons (Fsp3) is 0.379. The van der Waals surface area contributed by atoms with Crippen LogP contribution < -0.4 is 4.90 Å². The van der Waals surface area contributed by atoms with E-state index in [0.717, 1.165) is 56.9 Å². The first kappa shape index (κ1) is 25.5. The summed E-state index contributed by atoms with van der Waals surface area (Å²) in [5.74, 6) is 0.378. The highest BCUT2D eigenvalue weighted by atomic mass is 32.1. The van der Waals surface area contributed by atoms with Crippen LogP contribution >= 0.6 is 11.3 Å². The quantitative estimate of drug-likeness (QED) is 0.524. The highest BCUT2D eigenvalue weighted by Gasteiger charge is 2.14. The average molecular weight is 491 g/mol. The van der Waals surface area contributed by atoms with Gasteiger partial charge in [-0.3, -0.25) is 4.90 Å². The Morgan fingerprint density at radius 2 is 1.49 bits per heavy atom. The highest BCUT2D eigenvalue weighted by Crippen LogP contribution is 2.31. The van der Waals surface area contributed by atoms with Crippen molar-refractivity contribution in [3.05, 3.63) is 70.6 Å². The summed E-state index contributed by atoms with van der Waals surface area (Å²) in [6.07, 6.45) is 4.32. The van der Waals surface area contributed by atoms with Crippen molar-refractivity contribution in [2.75, 3.05) is 72.4 Å². The zero-order valence-corrected chi connectivity index (χ0v) is 22.3. The molecule has 0 bridgehead atoms. The van der Waals surface area contributed by atoms with Crippen LogP contribution in [0.2, 0.25) is 0 Å². The topological polar surface area (TPSA) is 33.2 Å². The summed E-state index contributed by atoms with van der Waals surface area (Å²) < 4.78 is 0. The summed E-state index contributed by atoms with van der Waals surface area (Å²) in [5.41, 5.74) is 4.55. The zero-order valence-electron chi connectivity index (χ0n) is 21.4. The SMILES string of the molecule is CN1CCN(C)CCN(Cc2cc(/C=C/c3ccc(-c4ccc(N(C)C)cc4)s3)ccc2O)CC1. The molecule has 2 aromatic carbocycles. The van der Waals surface area contributed by atoms with E-state index in [-0.39, 0.29) is 0 Å².